The molecule has 0 bridgehead atoms. The molecule has 0 radical (unpaired) electrons. The van der Waals surface area contributed by atoms with Crippen LogP contribution in [0.5, 0.6) is 5.75 Å². The van der Waals surface area contributed by atoms with Gasteiger partial charge in [-0.05, 0) is 35.4 Å². The number of hydrogen-bond donors (Lipinski definition) is 6. The van der Waals surface area contributed by atoms with Gasteiger partial charge < -0.3 is 41.0 Å². The van der Waals surface area contributed by atoms with Crippen LogP contribution in [0.15, 0.2) is 36.4 Å². The number of nitrogen functional groups attached to an aromatic ring is 1. The summed E-state index contributed by atoms with van der Waals surface area (Å²) in [5.74, 6) is 6.26. The molecule has 0 spiro atoms. The van der Waals surface area contributed by atoms with E-state index in [4.69, 9.17) is 20.6 Å². The fourth-order valence-electron chi connectivity index (χ4n) is 3.22. The molecule has 0 aromatic heterocycles. The predicted octanol–water partition coefficient (Wildman–Crippen LogP) is 0.136. The molecular formula is C22H24N2O6. The molecule has 3 rings (SSSR count). The lowest BCUT2D eigenvalue weighted by atomic mass is 9.94. The summed E-state index contributed by atoms with van der Waals surface area (Å²) in [6, 6.07) is 10.9. The van der Waals surface area contributed by atoms with Gasteiger partial charge in [0.05, 0.1) is 19.4 Å². The molecule has 1 heterocycles. The van der Waals surface area contributed by atoms with Crippen molar-refractivity contribution in [2.45, 2.75) is 30.5 Å². The largest absolute Gasteiger partial charge is 0.497 e. The van der Waals surface area contributed by atoms with Gasteiger partial charge in [0.25, 0.3) is 0 Å². The molecule has 0 aliphatic carbocycles. The third-order valence-electron chi connectivity index (χ3n) is 5.03. The highest BCUT2D eigenvalue weighted by atomic mass is 16.5. The minimum Gasteiger partial charge on any atom is -0.497 e. The monoisotopic (exact) mass is 412 g/mol. The first-order valence-corrected chi connectivity index (χ1v) is 9.30. The van der Waals surface area contributed by atoms with E-state index in [2.05, 4.69) is 11.8 Å². The average Bonchev–Trinajstić information content (AvgIpc) is 2.78. The number of aliphatic hydroxyl groups is 4. The number of aliphatic hydroxyl groups excluding tert-OH is 4. The molecule has 2 aromatic rings. The summed E-state index contributed by atoms with van der Waals surface area (Å²) in [7, 11) is 1.58. The Morgan fingerprint density at radius 1 is 1.10 bits per heavy atom. The fourth-order valence-corrected chi connectivity index (χ4v) is 3.22. The number of anilines is 1. The second-order valence-electron chi connectivity index (χ2n) is 6.92. The van der Waals surface area contributed by atoms with Crippen molar-refractivity contribution in [3.63, 3.8) is 0 Å². The van der Waals surface area contributed by atoms with E-state index >= 15 is 0 Å². The van der Waals surface area contributed by atoms with E-state index in [0.29, 0.717) is 22.6 Å². The van der Waals surface area contributed by atoms with Crippen molar-refractivity contribution < 1.29 is 29.9 Å². The second-order valence-corrected chi connectivity index (χ2v) is 6.92. The molecule has 5 atom stereocenters. The summed E-state index contributed by atoms with van der Waals surface area (Å²) >= 11 is 0. The van der Waals surface area contributed by atoms with Crippen LogP contribution in [0.1, 0.15) is 11.1 Å². The van der Waals surface area contributed by atoms with E-state index in [9.17, 15) is 20.4 Å². The van der Waals surface area contributed by atoms with Crippen molar-refractivity contribution in [1.29, 1.82) is 5.41 Å². The first kappa shape index (κ1) is 21.8. The SMILES string of the molecule is COc1ccc(-c2cc(C#CC3OC(CO)[C@@H](O)C(O)C3O)c(N)c(C=N)c2)cc1. The van der Waals surface area contributed by atoms with Crippen molar-refractivity contribution >= 4 is 11.9 Å². The highest BCUT2D eigenvalue weighted by Crippen LogP contribution is 2.28. The number of benzene rings is 2. The Morgan fingerprint density at radius 2 is 1.80 bits per heavy atom. The Hall–Kier alpha value is -2.93. The highest BCUT2D eigenvalue weighted by Gasteiger charge is 2.42. The maximum Gasteiger partial charge on any atom is 0.147 e. The van der Waals surface area contributed by atoms with Crippen molar-refractivity contribution in [3.8, 4) is 28.7 Å². The standard InChI is InChI=1S/C22H24N2O6/c1-29-16-5-2-12(3-6-16)14-8-13(19(24)15(9-14)10-23)4-7-17-20(26)22(28)21(27)18(11-25)30-17/h2-3,5-6,8-10,17-18,20-23,25-28H,11,24H2,1H3/t17?,18?,20?,21-,22?/m1/s1. The van der Waals surface area contributed by atoms with Crippen LogP contribution >= 0.6 is 0 Å². The van der Waals surface area contributed by atoms with Gasteiger partial charge in [0, 0.05) is 17.3 Å². The van der Waals surface area contributed by atoms with Gasteiger partial charge in [-0.25, -0.2) is 0 Å². The number of nitrogens with two attached hydrogens (primary N) is 1. The maximum atomic E-state index is 10.2. The first-order valence-electron chi connectivity index (χ1n) is 9.30. The summed E-state index contributed by atoms with van der Waals surface area (Å²) in [5.41, 5.74) is 8.96. The third kappa shape index (κ3) is 4.31. The van der Waals surface area contributed by atoms with E-state index in [0.717, 1.165) is 17.3 Å². The van der Waals surface area contributed by atoms with Crippen LogP contribution in [0.4, 0.5) is 5.69 Å². The van der Waals surface area contributed by atoms with Gasteiger partial charge in [0.1, 0.15) is 36.3 Å². The van der Waals surface area contributed by atoms with E-state index in [1.54, 1.807) is 19.2 Å². The van der Waals surface area contributed by atoms with Gasteiger partial charge >= 0.3 is 0 Å². The third-order valence-corrected chi connectivity index (χ3v) is 5.03. The zero-order chi connectivity index (χ0) is 21.8. The van der Waals surface area contributed by atoms with Crippen molar-refractivity contribution in [2.75, 3.05) is 19.5 Å². The predicted molar refractivity (Wildman–Crippen MR) is 111 cm³/mol. The lowest BCUT2D eigenvalue weighted by Gasteiger charge is -2.37. The van der Waals surface area contributed by atoms with E-state index in [-0.39, 0.29) is 0 Å². The summed E-state index contributed by atoms with van der Waals surface area (Å²) in [6.45, 7) is -0.532. The lowest BCUT2D eigenvalue weighted by molar-refractivity contribution is -0.214. The van der Waals surface area contributed by atoms with Gasteiger partial charge in [-0.15, -0.1) is 0 Å². The topological polar surface area (TPSA) is 149 Å². The van der Waals surface area contributed by atoms with Gasteiger partial charge in [0.2, 0.25) is 0 Å². The number of nitrogens with one attached hydrogen (secondary N) is 1. The Bertz CT molecular complexity index is 964. The zero-order valence-electron chi connectivity index (χ0n) is 16.3. The van der Waals surface area contributed by atoms with Crippen LogP contribution in [0.25, 0.3) is 11.1 Å². The van der Waals surface area contributed by atoms with Crippen LogP contribution in [0.2, 0.25) is 0 Å². The Kier molecular flexibility index (Phi) is 6.72. The molecule has 1 saturated heterocycles. The first-order chi connectivity index (χ1) is 14.4. The van der Waals surface area contributed by atoms with Gasteiger partial charge in [-0.2, -0.15) is 0 Å². The maximum absolute atomic E-state index is 10.2. The van der Waals surface area contributed by atoms with Crippen LogP contribution in [-0.4, -0.2) is 70.9 Å². The molecule has 4 unspecified atom stereocenters. The van der Waals surface area contributed by atoms with E-state index in [1.165, 1.54) is 0 Å². The van der Waals surface area contributed by atoms with Crippen molar-refractivity contribution in [3.05, 3.63) is 47.5 Å². The molecule has 0 amide bonds. The van der Waals surface area contributed by atoms with Crippen LogP contribution in [0, 0.1) is 17.3 Å². The van der Waals surface area contributed by atoms with Gasteiger partial charge in [-0.3, -0.25) is 0 Å². The Labute approximate surface area is 174 Å². The summed E-state index contributed by atoms with van der Waals surface area (Å²) < 4.78 is 10.6. The van der Waals surface area contributed by atoms with Gasteiger partial charge in [0.15, 0.2) is 0 Å². The number of ether oxygens (including phenoxy) is 2. The van der Waals surface area contributed by atoms with E-state index < -0.39 is 37.1 Å². The van der Waals surface area contributed by atoms with Crippen molar-refractivity contribution in [1.82, 2.24) is 0 Å². The summed E-state index contributed by atoms with van der Waals surface area (Å²) in [4.78, 5) is 0. The molecule has 1 aliphatic rings. The van der Waals surface area contributed by atoms with Crippen molar-refractivity contribution in [2.24, 2.45) is 0 Å². The average molecular weight is 412 g/mol. The second kappa shape index (κ2) is 9.26. The van der Waals surface area contributed by atoms with Crippen LogP contribution in [-0.2, 0) is 4.74 Å². The number of hydrogen-bond acceptors (Lipinski definition) is 8. The summed E-state index contributed by atoms with van der Waals surface area (Å²) in [5, 5.41) is 46.9. The molecule has 8 heteroatoms. The fraction of sp³-hybridized carbons (Fsp3) is 0.318. The Balaban J connectivity index is 1.97. The van der Waals surface area contributed by atoms with Crippen LogP contribution < -0.4 is 10.5 Å². The molecule has 158 valence electrons. The Morgan fingerprint density at radius 3 is 2.40 bits per heavy atom. The van der Waals surface area contributed by atoms with E-state index in [1.807, 2.05) is 24.3 Å². The minimum absolute atomic E-state index is 0.291. The normalized spacial score (nSPS) is 25.8. The molecule has 2 aromatic carbocycles. The van der Waals surface area contributed by atoms with Crippen LogP contribution in [0.3, 0.4) is 0 Å². The summed E-state index contributed by atoms with van der Waals surface area (Å²) in [6.07, 6.45) is -5.45. The molecule has 1 aliphatic heterocycles. The molecule has 0 saturated carbocycles. The van der Waals surface area contributed by atoms with Gasteiger partial charge in [-0.1, -0.05) is 24.0 Å². The molecule has 1 fully saturated rings. The molecule has 7 N–H and O–H groups in total. The minimum atomic E-state index is -1.50. The number of rotatable bonds is 4. The smallest absolute Gasteiger partial charge is 0.147 e. The number of methoxy groups -OCH3 is 1. The molecule has 8 nitrogen and oxygen atoms in total. The highest BCUT2D eigenvalue weighted by molar-refractivity contribution is 5.90. The molecule has 30 heavy (non-hydrogen) atoms. The lowest BCUT2D eigenvalue weighted by Crippen LogP contribution is -2.58. The zero-order valence-corrected chi connectivity index (χ0v) is 16.3. The molecular weight excluding hydrogens is 388 g/mol. The quantitative estimate of drug-likeness (QED) is 0.238.